The number of halogens is 8. The average molecular weight is 516 g/mol. The molecule has 188 valence electrons. The molecular formula is C22H12F8N4O2. The predicted molar refractivity (Wildman–Crippen MR) is 108 cm³/mol. The van der Waals surface area contributed by atoms with Gasteiger partial charge >= 0.3 is 12.4 Å². The van der Waals surface area contributed by atoms with Crippen LogP contribution in [0.3, 0.4) is 0 Å². The highest BCUT2D eigenvalue weighted by molar-refractivity contribution is 6.03. The van der Waals surface area contributed by atoms with Crippen molar-refractivity contribution in [3.63, 3.8) is 0 Å². The Balaban J connectivity index is 1.50. The van der Waals surface area contributed by atoms with Gasteiger partial charge in [0.1, 0.15) is 11.6 Å². The Morgan fingerprint density at radius 2 is 1.72 bits per heavy atom. The average Bonchev–Trinajstić information content (AvgIpc) is 3.42. The summed E-state index contributed by atoms with van der Waals surface area (Å²) in [6, 6.07) is 5.04. The summed E-state index contributed by atoms with van der Waals surface area (Å²) in [6.07, 6.45) is -7.76. The van der Waals surface area contributed by atoms with Gasteiger partial charge in [0.15, 0.2) is 11.5 Å². The fourth-order valence-corrected chi connectivity index (χ4v) is 3.24. The Morgan fingerprint density at radius 3 is 2.39 bits per heavy atom. The minimum atomic E-state index is -5.05. The number of carbonyl (C=O) groups is 1. The molecule has 1 N–H and O–H groups in total. The lowest BCUT2D eigenvalue weighted by molar-refractivity contribution is -0.143. The first-order valence-corrected chi connectivity index (χ1v) is 9.84. The molecule has 4 aromatic rings. The summed E-state index contributed by atoms with van der Waals surface area (Å²) in [5, 5.41) is 9.67. The summed E-state index contributed by atoms with van der Waals surface area (Å²) in [5.41, 5.74) is -3.80. The lowest BCUT2D eigenvalue weighted by Gasteiger charge is -2.16. The molecule has 0 aliphatic carbocycles. The van der Waals surface area contributed by atoms with Crippen molar-refractivity contribution in [3.05, 3.63) is 88.9 Å². The molecule has 1 amide bonds. The molecule has 2 aromatic heterocycles. The molecule has 0 aliphatic rings. The number of nitrogens with one attached hydrogen (secondary N) is 1. The molecule has 0 aliphatic heterocycles. The number of hydrogen-bond donors (Lipinski definition) is 1. The van der Waals surface area contributed by atoms with Crippen LogP contribution in [0.1, 0.15) is 27.2 Å². The second kappa shape index (κ2) is 9.09. The zero-order valence-corrected chi connectivity index (χ0v) is 17.6. The summed E-state index contributed by atoms with van der Waals surface area (Å²) in [6.45, 7) is -0.541. The van der Waals surface area contributed by atoms with Crippen LogP contribution in [0.25, 0.3) is 11.3 Å². The largest absolute Gasteiger partial charge is 0.416 e. The van der Waals surface area contributed by atoms with Gasteiger partial charge in [-0.15, -0.1) is 0 Å². The molecular weight excluding hydrogens is 504 g/mol. The van der Waals surface area contributed by atoms with E-state index in [1.807, 2.05) is 0 Å². The van der Waals surface area contributed by atoms with E-state index in [0.717, 1.165) is 35.3 Å². The highest BCUT2D eigenvalue weighted by Gasteiger charge is 2.38. The minimum absolute atomic E-state index is 0.0215. The molecule has 0 atom stereocenters. The first-order valence-electron chi connectivity index (χ1n) is 9.84. The van der Waals surface area contributed by atoms with Crippen LogP contribution >= 0.6 is 0 Å². The number of alkyl halides is 6. The Kier molecular flexibility index (Phi) is 6.28. The molecule has 2 heterocycles. The minimum Gasteiger partial charge on any atom is -0.355 e. The maximum absolute atomic E-state index is 13.9. The van der Waals surface area contributed by atoms with Crippen molar-refractivity contribution in [2.24, 2.45) is 0 Å². The van der Waals surface area contributed by atoms with Crippen LogP contribution in [0.15, 0.2) is 59.4 Å². The normalized spacial score (nSPS) is 12.1. The van der Waals surface area contributed by atoms with Crippen LogP contribution < -0.4 is 5.32 Å². The Morgan fingerprint density at radius 1 is 0.972 bits per heavy atom. The van der Waals surface area contributed by atoms with Crippen LogP contribution in [-0.2, 0) is 18.9 Å². The van der Waals surface area contributed by atoms with Crippen LogP contribution in [0.2, 0.25) is 0 Å². The molecule has 0 spiro atoms. The number of aromatic nitrogens is 3. The van der Waals surface area contributed by atoms with Gasteiger partial charge in [-0.05, 0) is 29.8 Å². The number of hydrogen-bond acceptors (Lipinski definition) is 4. The number of anilines is 1. The Hall–Kier alpha value is -4.23. The fourth-order valence-electron chi connectivity index (χ4n) is 3.24. The van der Waals surface area contributed by atoms with Crippen molar-refractivity contribution in [2.45, 2.75) is 18.9 Å². The summed E-state index contributed by atoms with van der Waals surface area (Å²) in [7, 11) is 0. The van der Waals surface area contributed by atoms with Crippen molar-refractivity contribution in [3.8, 4) is 11.3 Å². The van der Waals surface area contributed by atoms with Gasteiger partial charge in [0.05, 0.1) is 35.1 Å². The van der Waals surface area contributed by atoms with Crippen LogP contribution in [-0.4, -0.2) is 20.8 Å². The second-order valence-electron chi connectivity index (χ2n) is 7.45. The molecule has 36 heavy (non-hydrogen) atoms. The van der Waals surface area contributed by atoms with Crippen molar-refractivity contribution in [1.29, 1.82) is 0 Å². The molecule has 2 aromatic carbocycles. The molecule has 4 rings (SSSR count). The van der Waals surface area contributed by atoms with Gasteiger partial charge in [0, 0.05) is 18.3 Å². The summed E-state index contributed by atoms with van der Waals surface area (Å²) in [4.78, 5) is 12.4. The van der Waals surface area contributed by atoms with Gasteiger partial charge in [0.25, 0.3) is 5.91 Å². The first kappa shape index (κ1) is 24.9. The third-order valence-corrected chi connectivity index (χ3v) is 4.91. The van der Waals surface area contributed by atoms with Gasteiger partial charge in [-0.25, -0.2) is 8.78 Å². The Labute approximate surface area is 196 Å². The van der Waals surface area contributed by atoms with Crippen LogP contribution in [0, 0.1) is 11.6 Å². The third kappa shape index (κ3) is 5.37. The maximum Gasteiger partial charge on any atom is 0.416 e. The predicted octanol–water partition coefficient (Wildman–Crippen LogP) is 6.15. The summed E-state index contributed by atoms with van der Waals surface area (Å²) in [5.74, 6) is -2.75. The zero-order chi connectivity index (χ0) is 26.3. The highest BCUT2D eigenvalue weighted by Crippen LogP contribution is 2.37. The standard InChI is InChI=1S/C22H12F8N4O2/c23-13-3-4-15(17(24)6-13)19-7-18(33-36-19)20(35)32-14-8-31-34(10-14)9-11-1-2-12(21(25,26)27)5-16(11)22(28,29)30/h1-8,10H,9H2,(H,32,35). The van der Waals surface area contributed by atoms with E-state index in [-0.39, 0.29) is 28.8 Å². The van der Waals surface area contributed by atoms with E-state index in [2.05, 4.69) is 15.6 Å². The number of benzene rings is 2. The molecule has 14 heteroatoms. The lowest BCUT2D eigenvalue weighted by Crippen LogP contribution is -2.15. The van der Waals surface area contributed by atoms with Crippen molar-refractivity contribution in [1.82, 2.24) is 14.9 Å². The molecule has 0 bridgehead atoms. The molecule has 0 fully saturated rings. The molecule has 0 saturated heterocycles. The quantitative estimate of drug-likeness (QED) is 0.323. The van der Waals surface area contributed by atoms with Gasteiger partial charge in [-0.3, -0.25) is 9.48 Å². The highest BCUT2D eigenvalue weighted by atomic mass is 19.4. The lowest BCUT2D eigenvalue weighted by atomic mass is 10.0. The van der Waals surface area contributed by atoms with Crippen LogP contribution in [0.4, 0.5) is 40.8 Å². The molecule has 0 radical (unpaired) electrons. The van der Waals surface area contributed by atoms with E-state index in [1.54, 1.807) is 0 Å². The molecule has 0 unspecified atom stereocenters. The van der Waals surface area contributed by atoms with Crippen LogP contribution in [0.5, 0.6) is 0 Å². The zero-order valence-electron chi connectivity index (χ0n) is 17.6. The first-order chi connectivity index (χ1) is 16.8. The van der Waals surface area contributed by atoms with E-state index >= 15 is 0 Å². The van der Waals surface area contributed by atoms with Gasteiger partial charge in [0.2, 0.25) is 0 Å². The Bertz CT molecular complexity index is 1420. The van der Waals surface area contributed by atoms with Gasteiger partial charge in [-0.1, -0.05) is 11.2 Å². The van der Waals surface area contributed by atoms with E-state index in [1.165, 1.54) is 0 Å². The number of amides is 1. The van der Waals surface area contributed by atoms with E-state index < -0.39 is 53.1 Å². The number of carbonyl (C=O) groups excluding carboxylic acids is 1. The molecule has 0 saturated carbocycles. The second-order valence-corrected chi connectivity index (χ2v) is 7.45. The van der Waals surface area contributed by atoms with E-state index in [9.17, 15) is 39.9 Å². The van der Waals surface area contributed by atoms with Crippen molar-refractivity contribution < 1.29 is 44.4 Å². The summed E-state index contributed by atoms with van der Waals surface area (Å²) >= 11 is 0. The van der Waals surface area contributed by atoms with E-state index in [0.29, 0.717) is 18.2 Å². The SMILES string of the molecule is O=C(Nc1cnn(Cc2ccc(C(F)(F)F)cc2C(F)(F)F)c1)c1cc(-c2ccc(F)cc2F)on1. The monoisotopic (exact) mass is 516 g/mol. The van der Waals surface area contributed by atoms with Gasteiger partial charge in [-0.2, -0.15) is 31.4 Å². The smallest absolute Gasteiger partial charge is 0.355 e. The van der Waals surface area contributed by atoms with Crippen molar-refractivity contribution in [2.75, 3.05) is 5.32 Å². The summed E-state index contributed by atoms with van der Waals surface area (Å²) < 4.78 is 111. The van der Waals surface area contributed by atoms with Crippen molar-refractivity contribution >= 4 is 11.6 Å². The van der Waals surface area contributed by atoms with E-state index in [4.69, 9.17) is 4.52 Å². The molecule has 6 nitrogen and oxygen atoms in total. The number of nitrogens with zero attached hydrogens (tertiary/aromatic N) is 3. The third-order valence-electron chi connectivity index (χ3n) is 4.91. The topological polar surface area (TPSA) is 73.0 Å². The van der Waals surface area contributed by atoms with Gasteiger partial charge < -0.3 is 9.84 Å². The number of rotatable bonds is 5. The maximum atomic E-state index is 13.9. The fraction of sp³-hybridized carbons (Fsp3) is 0.136.